The van der Waals surface area contributed by atoms with Gasteiger partial charge in [-0.05, 0) is 65.1 Å². The number of nitrogens with zero attached hydrogens (tertiary/aromatic N) is 1. The fourth-order valence-corrected chi connectivity index (χ4v) is 5.04. The minimum Gasteiger partial charge on any atom is -0.389 e. The average molecular weight is 353 g/mol. The number of fused-ring (bicyclic) bond motifs is 2. The SMILES string of the molecule is CN(CC1CC2CCC1C2)c1cccc(Br)c1C(N)=S. The van der Waals surface area contributed by atoms with Crippen molar-refractivity contribution in [2.45, 2.75) is 25.7 Å². The smallest absolute Gasteiger partial charge is 0.107 e. The van der Waals surface area contributed by atoms with Crippen LogP contribution in [-0.2, 0) is 0 Å². The first kappa shape index (κ1) is 14.3. The maximum Gasteiger partial charge on any atom is 0.107 e. The Labute approximate surface area is 134 Å². The van der Waals surface area contributed by atoms with E-state index in [1.165, 1.54) is 25.7 Å². The molecule has 0 heterocycles. The molecule has 0 saturated heterocycles. The molecule has 2 bridgehead atoms. The summed E-state index contributed by atoms with van der Waals surface area (Å²) in [5.74, 6) is 2.79. The van der Waals surface area contributed by atoms with Crippen molar-refractivity contribution in [3.63, 3.8) is 0 Å². The molecule has 20 heavy (non-hydrogen) atoms. The lowest BCUT2D eigenvalue weighted by atomic mass is 9.88. The topological polar surface area (TPSA) is 29.3 Å². The highest BCUT2D eigenvalue weighted by Gasteiger charge is 2.39. The molecule has 2 N–H and O–H groups in total. The van der Waals surface area contributed by atoms with Crippen molar-refractivity contribution in [2.24, 2.45) is 23.5 Å². The van der Waals surface area contributed by atoms with Gasteiger partial charge in [0.1, 0.15) is 4.99 Å². The van der Waals surface area contributed by atoms with Gasteiger partial charge < -0.3 is 10.6 Å². The Morgan fingerprint density at radius 3 is 2.80 bits per heavy atom. The minimum atomic E-state index is 0.465. The Hall–Kier alpha value is -0.610. The first-order valence-electron chi connectivity index (χ1n) is 7.35. The molecule has 2 aliphatic carbocycles. The van der Waals surface area contributed by atoms with Crippen LogP contribution in [0.2, 0.25) is 0 Å². The van der Waals surface area contributed by atoms with Crippen molar-refractivity contribution >= 4 is 38.8 Å². The first-order valence-corrected chi connectivity index (χ1v) is 8.56. The van der Waals surface area contributed by atoms with Gasteiger partial charge in [0.15, 0.2) is 0 Å². The normalized spacial score (nSPS) is 27.8. The summed E-state index contributed by atoms with van der Waals surface area (Å²) in [7, 11) is 2.16. The number of halogens is 1. The van der Waals surface area contributed by atoms with Crippen molar-refractivity contribution in [3.8, 4) is 0 Å². The number of nitrogens with two attached hydrogens (primary N) is 1. The largest absolute Gasteiger partial charge is 0.389 e. The van der Waals surface area contributed by atoms with Crippen LogP contribution in [0, 0.1) is 17.8 Å². The van der Waals surface area contributed by atoms with Crippen LogP contribution in [0.3, 0.4) is 0 Å². The van der Waals surface area contributed by atoms with Gasteiger partial charge in [0, 0.05) is 29.3 Å². The average Bonchev–Trinajstić information content (AvgIpc) is 3.00. The standard InChI is InChI=1S/C16H21BrN2S/c1-19(9-12-8-10-5-6-11(12)7-10)14-4-2-3-13(17)15(14)16(18)20/h2-4,10-12H,5-9H2,1H3,(H2,18,20). The van der Waals surface area contributed by atoms with Crippen LogP contribution < -0.4 is 10.6 Å². The molecule has 4 heteroatoms. The molecule has 3 unspecified atom stereocenters. The summed E-state index contributed by atoms with van der Waals surface area (Å²) in [6, 6.07) is 6.17. The van der Waals surface area contributed by atoms with Gasteiger partial charge in [-0.2, -0.15) is 0 Å². The summed E-state index contributed by atoms with van der Waals surface area (Å²) < 4.78 is 0.988. The van der Waals surface area contributed by atoms with Gasteiger partial charge in [-0.15, -0.1) is 0 Å². The van der Waals surface area contributed by atoms with Gasteiger partial charge in [0.05, 0.1) is 0 Å². The van der Waals surface area contributed by atoms with E-state index in [-0.39, 0.29) is 0 Å². The molecule has 108 valence electrons. The van der Waals surface area contributed by atoms with Crippen molar-refractivity contribution in [3.05, 3.63) is 28.2 Å². The lowest BCUT2D eigenvalue weighted by molar-refractivity contribution is 0.337. The van der Waals surface area contributed by atoms with Crippen LogP contribution in [0.4, 0.5) is 5.69 Å². The van der Waals surface area contributed by atoms with Gasteiger partial charge in [-0.25, -0.2) is 0 Å². The summed E-state index contributed by atoms with van der Waals surface area (Å²) in [5, 5.41) is 0. The molecule has 1 aromatic carbocycles. The van der Waals surface area contributed by atoms with Crippen LogP contribution in [-0.4, -0.2) is 18.6 Å². The summed E-state index contributed by atoms with van der Waals surface area (Å²) in [6.07, 6.45) is 5.76. The molecule has 0 aromatic heterocycles. The maximum atomic E-state index is 5.90. The van der Waals surface area contributed by atoms with Crippen molar-refractivity contribution in [2.75, 3.05) is 18.5 Å². The maximum absolute atomic E-state index is 5.90. The van der Waals surface area contributed by atoms with Crippen LogP contribution in [0.25, 0.3) is 0 Å². The molecule has 2 fully saturated rings. The molecule has 2 saturated carbocycles. The summed E-state index contributed by atoms with van der Waals surface area (Å²) >= 11 is 8.78. The molecular weight excluding hydrogens is 332 g/mol. The van der Waals surface area contributed by atoms with Gasteiger partial charge in [-0.1, -0.05) is 24.7 Å². The second kappa shape index (κ2) is 5.64. The van der Waals surface area contributed by atoms with Crippen LogP contribution >= 0.6 is 28.1 Å². The van der Waals surface area contributed by atoms with E-state index in [1.807, 2.05) is 6.07 Å². The third-order valence-electron chi connectivity index (χ3n) is 5.04. The van der Waals surface area contributed by atoms with E-state index >= 15 is 0 Å². The number of anilines is 1. The number of benzene rings is 1. The number of hydrogen-bond acceptors (Lipinski definition) is 2. The molecule has 0 spiro atoms. The molecule has 3 rings (SSSR count). The van der Waals surface area contributed by atoms with E-state index < -0.39 is 0 Å². The van der Waals surface area contributed by atoms with Crippen LogP contribution in [0.1, 0.15) is 31.2 Å². The zero-order valence-corrected chi connectivity index (χ0v) is 14.2. The summed E-state index contributed by atoms with van der Waals surface area (Å²) in [6.45, 7) is 1.12. The molecule has 1 aromatic rings. The molecular formula is C16H21BrN2S. The van der Waals surface area contributed by atoms with E-state index in [0.717, 1.165) is 40.0 Å². The zero-order chi connectivity index (χ0) is 14.3. The summed E-state index contributed by atoms with van der Waals surface area (Å²) in [5.41, 5.74) is 8.01. The predicted molar refractivity (Wildman–Crippen MR) is 92.2 cm³/mol. The number of hydrogen-bond donors (Lipinski definition) is 1. The second-order valence-corrected chi connectivity index (χ2v) is 7.61. The number of rotatable bonds is 4. The van der Waals surface area contributed by atoms with Crippen LogP contribution in [0.15, 0.2) is 22.7 Å². The van der Waals surface area contributed by atoms with E-state index in [0.29, 0.717) is 4.99 Å². The monoisotopic (exact) mass is 352 g/mol. The molecule has 2 nitrogen and oxygen atoms in total. The van der Waals surface area contributed by atoms with Crippen molar-refractivity contribution < 1.29 is 0 Å². The Kier molecular flexibility index (Phi) is 4.04. The van der Waals surface area contributed by atoms with E-state index in [4.69, 9.17) is 18.0 Å². The van der Waals surface area contributed by atoms with E-state index in [2.05, 4.69) is 40.0 Å². The van der Waals surface area contributed by atoms with Gasteiger partial charge in [-0.3, -0.25) is 0 Å². The Bertz CT molecular complexity index is 531. The Balaban J connectivity index is 1.79. The van der Waals surface area contributed by atoms with Crippen LogP contribution in [0.5, 0.6) is 0 Å². The fourth-order valence-electron chi connectivity index (χ4n) is 4.12. The first-order chi connectivity index (χ1) is 9.56. The number of thiocarbonyl (C=S) groups is 1. The summed E-state index contributed by atoms with van der Waals surface area (Å²) in [4.78, 5) is 2.80. The van der Waals surface area contributed by atoms with Gasteiger partial charge >= 0.3 is 0 Å². The highest BCUT2D eigenvalue weighted by Crippen LogP contribution is 2.48. The van der Waals surface area contributed by atoms with E-state index in [9.17, 15) is 0 Å². The molecule has 2 aliphatic rings. The fraction of sp³-hybridized carbons (Fsp3) is 0.562. The van der Waals surface area contributed by atoms with Crippen molar-refractivity contribution in [1.82, 2.24) is 0 Å². The van der Waals surface area contributed by atoms with E-state index in [1.54, 1.807) is 0 Å². The lowest BCUT2D eigenvalue weighted by Crippen LogP contribution is -2.30. The highest BCUT2D eigenvalue weighted by atomic mass is 79.9. The highest BCUT2D eigenvalue weighted by molar-refractivity contribution is 9.10. The Morgan fingerprint density at radius 2 is 2.20 bits per heavy atom. The van der Waals surface area contributed by atoms with Gasteiger partial charge in [0.2, 0.25) is 0 Å². The van der Waals surface area contributed by atoms with Gasteiger partial charge in [0.25, 0.3) is 0 Å². The molecule has 0 radical (unpaired) electrons. The quantitative estimate of drug-likeness (QED) is 0.831. The molecule has 0 aliphatic heterocycles. The third-order valence-corrected chi connectivity index (χ3v) is 5.91. The lowest BCUT2D eigenvalue weighted by Gasteiger charge is -2.30. The third kappa shape index (κ3) is 2.60. The molecule has 0 amide bonds. The van der Waals surface area contributed by atoms with Crippen molar-refractivity contribution in [1.29, 1.82) is 0 Å². The second-order valence-electron chi connectivity index (χ2n) is 6.31. The zero-order valence-electron chi connectivity index (χ0n) is 11.8. The Morgan fingerprint density at radius 1 is 1.40 bits per heavy atom. The molecule has 3 atom stereocenters. The predicted octanol–water partition coefficient (Wildman–Crippen LogP) is 3.96. The minimum absolute atomic E-state index is 0.465.